The summed E-state index contributed by atoms with van der Waals surface area (Å²) in [7, 11) is 0. The highest BCUT2D eigenvalue weighted by Crippen LogP contribution is 2.21. The van der Waals surface area contributed by atoms with E-state index >= 15 is 0 Å². The fourth-order valence-corrected chi connectivity index (χ4v) is 3.96. The van der Waals surface area contributed by atoms with Gasteiger partial charge in [-0.3, -0.25) is 4.79 Å². The zero-order valence-electron chi connectivity index (χ0n) is 12.9. The molecular weight excluding hydrogens is 328 g/mol. The van der Waals surface area contributed by atoms with E-state index < -0.39 is 0 Å². The van der Waals surface area contributed by atoms with Crippen LogP contribution in [0.2, 0.25) is 0 Å². The van der Waals surface area contributed by atoms with Crippen LogP contribution in [0.5, 0.6) is 0 Å². The molecule has 0 atom stereocenters. The standard InChI is InChI=1S/C17H18N2O2S2/c1-2-12-7-8-13(22-12)9-18-16(20)10-21-11-17-19-14-5-3-4-6-15(14)23-17/h3-8H,2,9-11H2,1H3,(H,18,20). The Morgan fingerprint density at radius 1 is 1.17 bits per heavy atom. The number of carbonyl (C=O) groups excluding carboxylic acids is 1. The molecular formula is C17H18N2O2S2. The normalized spacial score (nSPS) is 11.0. The number of thiophene rings is 1. The second-order valence-electron chi connectivity index (χ2n) is 5.07. The van der Waals surface area contributed by atoms with Crippen molar-refractivity contribution in [1.29, 1.82) is 0 Å². The molecule has 0 aliphatic heterocycles. The topological polar surface area (TPSA) is 51.2 Å². The SMILES string of the molecule is CCc1ccc(CNC(=O)COCc2nc3ccccc3s2)s1. The minimum absolute atomic E-state index is 0.0575. The number of nitrogens with zero attached hydrogens (tertiary/aromatic N) is 1. The predicted molar refractivity (Wildman–Crippen MR) is 94.8 cm³/mol. The highest BCUT2D eigenvalue weighted by Gasteiger charge is 2.06. The van der Waals surface area contributed by atoms with Gasteiger partial charge in [0.05, 0.1) is 23.4 Å². The quantitative estimate of drug-likeness (QED) is 0.709. The summed E-state index contributed by atoms with van der Waals surface area (Å²) >= 11 is 3.33. The number of benzene rings is 1. The summed E-state index contributed by atoms with van der Waals surface area (Å²) in [4.78, 5) is 18.8. The molecule has 0 bridgehead atoms. The summed E-state index contributed by atoms with van der Waals surface area (Å²) in [6, 6.07) is 12.1. The van der Waals surface area contributed by atoms with Crippen molar-refractivity contribution in [3.05, 3.63) is 51.2 Å². The lowest BCUT2D eigenvalue weighted by atomic mass is 10.3. The average molecular weight is 346 g/mol. The number of ether oxygens (including phenoxy) is 1. The van der Waals surface area contributed by atoms with Gasteiger partial charge in [0, 0.05) is 9.75 Å². The van der Waals surface area contributed by atoms with Gasteiger partial charge in [0.2, 0.25) is 5.91 Å². The number of carbonyl (C=O) groups is 1. The van der Waals surface area contributed by atoms with Gasteiger partial charge in [0.15, 0.2) is 0 Å². The maximum Gasteiger partial charge on any atom is 0.246 e. The molecule has 0 aliphatic rings. The minimum atomic E-state index is -0.0995. The third-order valence-electron chi connectivity index (χ3n) is 3.32. The Labute approximate surface area is 143 Å². The first-order valence-corrected chi connectivity index (χ1v) is 9.14. The maximum atomic E-state index is 11.8. The summed E-state index contributed by atoms with van der Waals surface area (Å²) in [6.45, 7) is 3.12. The molecule has 2 aromatic heterocycles. The van der Waals surface area contributed by atoms with Gasteiger partial charge in [0.25, 0.3) is 0 Å². The van der Waals surface area contributed by atoms with E-state index in [1.165, 1.54) is 9.75 Å². The van der Waals surface area contributed by atoms with Crippen LogP contribution in [-0.4, -0.2) is 17.5 Å². The number of fused-ring (bicyclic) bond motifs is 1. The molecule has 120 valence electrons. The van der Waals surface area contributed by atoms with Crippen LogP contribution in [0.4, 0.5) is 0 Å². The molecule has 6 heteroatoms. The Morgan fingerprint density at radius 3 is 2.78 bits per heavy atom. The van der Waals surface area contributed by atoms with E-state index in [9.17, 15) is 4.79 Å². The van der Waals surface area contributed by atoms with Gasteiger partial charge < -0.3 is 10.1 Å². The maximum absolute atomic E-state index is 11.8. The summed E-state index contributed by atoms with van der Waals surface area (Å²) in [5.74, 6) is -0.0995. The van der Waals surface area contributed by atoms with E-state index in [4.69, 9.17) is 4.74 Å². The zero-order valence-corrected chi connectivity index (χ0v) is 14.5. The monoisotopic (exact) mass is 346 g/mol. The van der Waals surface area contributed by atoms with E-state index in [0.717, 1.165) is 21.6 Å². The molecule has 0 aliphatic carbocycles. The number of aromatic nitrogens is 1. The summed E-state index contributed by atoms with van der Waals surface area (Å²) in [5.41, 5.74) is 0.977. The molecule has 0 unspecified atom stereocenters. The Morgan fingerprint density at radius 2 is 2.00 bits per heavy atom. The van der Waals surface area contributed by atoms with Crippen LogP contribution in [-0.2, 0) is 29.1 Å². The number of thiazole rings is 1. The van der Waals surface area contributed by atoms with Crippen LogP contribution in [0.3, 0.4) is 0 Å². The zero-order chi connectivity index (χ0) is 16.1. The van der Waals surface area contributed by atoms with Crippen molar-refractivity contribution >= 4 is 38.8 Å². The second-order valence-corrected chi connectivity index (χ2v) is 7.43. The van der Waals surface area contributed by atoms with Crippen LogP contribution in [0, 0.1) is 0 Å². The molecule has 0 spiro atoms. The number of amides is 1. The van der Waals surface area contributed by atoms with Crippen molar-refractivity contribution < 1.29 is 9.53 Å². The van der Waals surface area contributed by atoms with Crippen molar-refractivity contribution in [2.75, 3.05) is 6.61 Å². The molecule has 0 saturated carbocycles. The Balaban J connectivity index is 1.42. The molecule has 1 N–H and O–H groups in total. The fraction of sp³-hybridized carbons (Fsp3) is 0.294. The largest absolute Gasteiger partial charge is 0.364 e. The van der Waals surface area contributed by atoms with Crippen molar-refractivity contribution in [1.82, 2.24) is 10.3 Å². The van der Waals surface area contributed by atoms with E-state index in [0.29, 0.717) is 13.2 Å². The highest BCUT2D eigenvalue weighted by molar-refractivity contribution is 7.18. The number of hydrogen-bond acceptors (Lipinski definition) is 5. The third-order valence-corrected chi connectivity index (χ3v) is 5.56. The van der Waals surface area contributed by atoms with Crippen LogP contribution in [0.25, 0.3) is 10.2 Å². The van der Waals surface area contributed by atoms with E-state index in [1.54, 1.807) is 22.7 Å². The molecule has 0 fully saturated rings. The molecule has 1 amide bonds. The van der Waals surface area contributed by atoms with E-state index in [2.05, 4.69) is 29.4 Å². The first kappa shape index (κ1) is 16.1. The summed E-state index contributed by atoms with van der Waals surface area (Å²) in [6.07, 6.45) is 1.03. The summed E-state index contributed by atoms with van der Waals surface area (Å²) < 4.78 is 6.60. The van der Waals surface area contributed by atoms with Gasteiger partial charge >= 0.3 is 0 Å². The number of para-hydroxylation sites is 1. The van der Waals surface area contributed by atoms with Crippen LogP contribution in [0.1, 0.15) is 21.7 Å². The van der Waals surface area contributed by atoms with Crippen LogP contribution in [0.15, 0.2) is 36.4 Å². The lowest BCUT2D eigenvalue weighted by Crippen LogP contribution is -2.26. The Kier molecular flexibility index (Phi) is 5.38. The van der Waals surface area contributed by atoms with Crippen LogP contribution < -0.4 is 5.32 Å². The van der Waals surface area contributed by atoms with Crippen molar-refractivity contribution in [3.8, 4) is 0 Å². The first-order chi connectivity index (χ1) is 11.2. The predicted octanol–water partition coefficient (Wildman–Crippen LogP) is 3.75. The van der Waals surface area contributed by atoms with Gasteiger partial charge in [-0.2, -0.15) is 0 Å². The van der Waals surface area contributed by atoms with Gasteiger partial charge in [-0.05, 0) is 30.7 Å². The number of aryl methyl sites for hydroxylation is 1. The second kappa shape index (κ2) is 7.68. The molecule has 3 aromatic rings. The van der Waals surface area contributed by atoms with E-state index in [-0.39, 0.29) is 12.5 Å². The number of rotatable bonds is 7. The van der Waals surface area contributed by atoms with Gasteiger partial charge in [-0.15, -0.1) is 22.7 Å². The van der Waals surface area contributed by atoms with E-state index in [1.807, 2.05) is 24.3 Å². The molecule has 0 saturated heterocycles. The molecule has 2 heterocycles. The molecule has 1 aromatic carbocycles. The molecule has 4 nitrogen and oxygen atoms in total. The third kappa shape index (κ3) is 4.37. The lowest BCUT2D eigenvalue weighted by Gasteiger charge is -2.04. The van der Waals surface area contributed by atoms with Crippen molar-refractivity contribution in [3.63, 3.8) is 0 Å². The Bertz CT molecular complexity index is 762. The lowest BCUT2D eigenvalue weighted by molar-refractivity contribution is -0.126. The highest BCUT2D eigenvalue weighted by atomic mass is 32.1. The van der Waals surface area contributed by atoms with Gasteiger partial charge in [-0.1, -0.05) is 19.1 Å². The molecule has 0 radical (unpaired) electrons. The van der Waals surface area contributed by atoms with Gasteiger partial charge in [-0.25, -0.2) is 4.98 Å². The Hall–Kier alpha value is -1.76. The first-order valence-electron chi connectivity index (χ1n) is 7.51. The summed E-state index contributed by atoms with van der Waals surface area (Å²) in [5, 5.41) is 3.77. The molecule has 23 heavy (non-hydrogen) atoms. The number of hydrogen-bond donors (Lipinski definition) is 1. The molecule has 3 rings (SSSR count). The van der Waals surface area contributed by atoms with Gasteiger partial charge in [0.1, 0.15) is 11.6 Å². The van der Waals surface area contributed by atoms with Crippen molar-refractivity contribution in [2.24, 2.45) is 0 Å². The van der Waals surface area contributed by atoms with Crippen molar-refractivity contribution in [2.45, 2.75) is 26.5 Å². The smallest absolute Gasteiger partial charge is 0.246 e. The average Bonchev–Trinajstić information content (AvgIpc) is 3.19. The fourth-order valence-electron chi connectivity index (χ4n) is 2.16. The van der Waals surface area contributed by atoms with Crippen LogP contribution >= 0.6 is 22.7 Å². The minimum Gasteiger partial charge on any atom is -0.364 e. The number of nitrogens with one attached hydrogen (secondary N) is 1.